The highest BCUT2D eigenvalue weighted by molar-refractivity contribution is 5.99. The van der Waals surface area contributed by atoms with E-state index in [9.17, 15) is 14.9 Å². The van der Waals surface area contributed by atoms with Crippen molar-refractivity contribution < 1.29 is 9.72 Å². The van der Waals surface area contributed by atoms with Crippen LogP contribution < -0.4 is 16.6 Å². The van der Waals surface area contributed by atoms with Crippen LogP contribution in [0.15, 0.2) is 18.2 Å². The summed E-state index contributed by atoms with van der Waals surface area (Å²) in [5.41, 5.74) is 2.54. The molecule has 0 aliphatic heterocycles. The fourth-order valence-corrected chi connectivity index (χ4v) is 1.67. The molecule has 0 heterocycles. The average Bonchev–Trinajstić information content (AvgIpc) is 2.45. The zero-order valence-corrected chi connectivity index (χ0v) is 12.4. The lowest BCUT2D eigenvalue weighted by Gasteiger charge is -2.20. The summed E-state index contributed by atoms with van der Waals surface area (Å²) in [5, 5.41) is 13.6. The molecule has 1 aromatic rings. The Kier molecular flexibility index (Phi) is 6.07. The van der Waals surface area contributed by atoms with Crippen LogP contribution in [0.5, 0.6) is 0 Å². The molecule has 8 heteroatoms. The number of benzene rings is 1. The van der Waals surface area contributed by atoms with Gasteiger partial charge in [0.05, 0.1) is 4.92 Å². The van der Waals surface area contributed by atoms with Gasteiger partial charge in [-0.1, -0.05) is 0 Å². The van der Waals surface area contributed by atoms with Gasteiger partial charge in [0, 0.05) is 30.9 Å². The van der Waals surface area contributed by atoms with Crippen molar-refractivity contribution in [3.8, 4) is 0 Å². The smallest absolute Gasteiger partial charge is 0.282 e. The van der Waals surface area contributed by atoms with Crippen molar-refractivity contribution in [2.24, 2.45) is 5.84 Å². The lowest BCUT2D eigenvalue weighted by molar-refractivity contribution is -0.385. The third-order valence-electron chi connectivity index (χ3n) is 3.24. The van der Waals surface area contributed by atoms with E-state index in [4.69, 9.17) is 5.84 Å². The van der Waals surface area contributed by atoms with Gasteiger partial charge in [0.15, 0.2) is 0 Å². The number of rotatable bonds is 7. The summed E-state index contributed by atoms with van der Waals surface area (Å²) in [7, 11) is 1.94. The van der Waals surface area contributed by atoms with Crippen molar-refractivity contribution in [3.63, 3.8) is 0 Å². The van der Waals surface area contributed by atoms with Crippen molar-refractivity contribution in [3.05, 3.63) is 33.9 Å². The molecular formula is C13H21N5O3. The molecule has 0 atom stereocenters. The third kappa shape index (κ3) is 4.69. The van der Waals surface area contributed by atoms with E-state index in [1.807, 2.05) is 20.9 Å². The predicted octanol–water partition coefficient (Wildman–Crippen LogP) is 0.950. The first kappa shape index (κ1) is 16.9. The van der Waals surface area contributed by atoms with Crippen LogP contribution in [0.25, 0.3) is 0 Å². The van der Waals surface area contributed by atoms with Crippen LogP contribution in [0.1, 0.15) is 24.2 Å². The number of nitro benzene ring substituents is 1. The van der Waals surface area contributed by atoms with E-state index in [0.717, 1.165) is 0 Å². The molecule has 8 nitrogen and oxygen atoms in total. The van der Waals surface area contributed by atoms with Gasteiger partial charge in [-0.25, -0.2) is 0 Å². The zero-order valence-electron chi connectivity index (χ0n) is 12.4. The number of nitrogens with two attached hydrogens (primary N) is 1. The highest BCUT2D eigenvalue weighted by atomic mass is 16.6. The lowest BCUT2D eigenvalue weighted by atomic mass is 10.1. The zero-order chi connectivity index (χ0) is 16.0. The minimum Gasteiger partial charge on any atom is -0.351 e. The number of nitrogen functional groups attached to an aromatic ring is 1. The Hall–Kier alpha value is -2.19. The highest BCUT2D eigenvalue weighted by Crippen LogP contribution is 2.22. The van der Waals surface area contributed by atoms with Gasteiger partial charge in [-0.15, -0.1) is 0 Å². The van der Waals surface area contributed by atoms with E-state index < -0.39 is 10.8 Å². The Morgan fingerprint density at radius 1 is 1.48 bits per heavy atom. The Morgan fingerprint density at radius 2 is 2.14 bits per heavy atom. The molecule has 0 bridgehead atoms. The molecule has 4 N–H and O–H groups in total. The van der Waals surface area contributed by atoms with Crippen LogP contribution in [0.2, 0.25) is 0 Å². The first-order valence-corrected chi connectivity index (χ1v) is 6.60. The summed E-state index contributed by atoms with van der Waals surface area (Å²) in [4.78, 5) is 24.5. The average molecular weight is 295 g/mol. The van der Waals surface area contributed by atoms with Crippen molar-refractivity contribution in [1.82, 2.24) is 10.2 Å². The summed E-state index contributed by atoms with van der Waals surface area (Å²) in [5.74, 6) is 4.77. The lowest BCUT2D eigenvalue weighted by Crippen LogP contribution is -2.36. The number of hydrogen-bond acceptors (Lipinski definition) is 6. The molecule has 0 aromatic heterocycles. The van der Waals surface area contributed by atoms with Gasteiger partial charge < -0.3 is 15.6 Å². The maximum Gasteiger partial charge on any atom is 0.282 e. The largest absolute Gasteiger partial charge is 0.351 e. The molecule has 0 aliphatic carbocycles. The Labute approximate surface area is 123 Å². The molecule has 0 unspecified atom stereocenters. The quantitative estimate of drug-likeness (QED) is 0.392. The molecule has 0 fully saturated rings. The maximum atomic E-state index is 12.1. The minimum absolute atomic E-state index is 0.0114. The number of hydrazine groups is 1. The first-order valence-electron chi connectivity index (χ1n) is 6.60. The molecule has 1 aromatic carbocycles. The molecule has 0 spiro atoms. The molecule has 0 saturated heterocycles. The number of anilines is 1. The third-order valence-corrected chi connectivity index (χ3v) is 3.24. The van der Waals surface area contributed by atoms with Gasteiger partial charge in [-0.2, -0.15) is 0 Å². The molecule has 116 valence electrons. The van der Waals surface area contributed by atoms with Crippen LogP contribution in [0, 0.1) is 10.1 Å². The Morgan fingerprint density at radius 3 is 2.67 bits per heavy atom. The van der Waals surface area contributed by atoms with Crippen molar-refractivity contribution >= 4 is 17.3 Å². The number of likely N-dealkylation sites (N-methyl/N-ethyl adjacent to an activating group) is 1. The van der Waals surface area contributed by atoms with Crippen LogP contribution in [-0.2, 0) is 0 Å². The number of amides is 1. The van der Waals surface area contributed by atoms with E-state index in [-0.39, 0.29) is 11.3 Å². The second kappa shape index (κ2) is 7.55. The second-order valence-corrected chi connectivity index (χ2v) is 4.96. The molecular weight excluding hydrogens is 274 g/mol. The summed E-state index contributed by atoms with van der Waals surface area (Å²) < 4.78 is 0. The molecule has 0 radical (unpaired) electrons. The summed E-state index contributed by atoms with van der Waals surface area (Å²) in [6, 6.07) is 4.42. The number of carbonyl (C=O) groups is 1. The fraction of sp³-hybridized carbons (Fsp3) is 0.462. The van der Waals surface area contributed by atoms with Gasteiger partial charge in [-0.3, -0.25) is 20.8 Å². The predicted molar refractivity (Wildman–Crippen MR) is 81.0 cm³/mol. The van der Waals surface area contributed by atoms with Crippen molar-refractivity contribution in [1.29, 1.82) is 0 Å². The van der Waals surface area contributed by atoms with Crippen molar-refractivity contribution in [2.45, 2.75) is 19.9 Å². The van der Waals surface area contributed by atoms with Crippen LogP contribution in [0.4, 0.5) is 11.4 Å². The van der Waals surface area contributed by atoms with Gasteiger partial charge >= 0.3 is 0 Å². The van der Waals surface area contributed by atoms with Gasteiger partial charge in [0.25, 0.3) is 11.6 Å². The molecule has 21 heavy (non-hydrogen) atoms. The van der Waals surface area contributed by atoms with E-state index in [2.05, 4.69) is 15.6 Å². The number of carbonyl (C=O) groups excluding carboxylic acids is 1. The van der Waals surface area contributed by atoms with E-state index in [0.29, 0.717) is 24.8 Å². The monoisotopic (exact) mass is 295 g/mol. The number of hydrogen-bond donors (Lipinski definition) is 3. The van der Waals surface area contributed by atoms with Gasteiger partial charge in [0.1, 0.15) is 5.56 Å². The van der Waals surface area contributed by atoms with Crippen LogP contribution >= 0.6 is 0 Å². The summed E-state index contributed by atoms with van der Waals surface area (Å²) in [6.45, 7) is 5.16. The Bertz CT molecular complexity index is 519. The second-order valence-electron chi connectivity index (χ2n) is 4.96. The van der Waals surface area contributed by atoms with E-state index in [1.165, 1.54) is 18.2 Å². The number of nitrogens with zero attached hydrogens (tertiary/aromatic N) is 2. The number of nitro groups is 1. The molecule has 1 rings (SSSR count). The minimum atomic E-state index is -0.588. The van der Waals surface area contributed by atoms with E-state index >= 15 is 0 Å². The van der Waals surface area contributed by atoms with Gasteiger partial charge in [-0.05, 0) is 33.0 Å². The SMILES string of the molecule is CC(C)N(C)CCNC(=O)c1cc(NN)ccc1[N+](=O)[O-]. The van der Waals surface area contributed by atoms with Crippen LogP contribution in [-0.4, -0.2) is 41.9 Å². The molecule has 0 aliphatic rings. The topological polar surface area (TPSA) is 114 Å². The first-order chi connectivity index (χ1) is 9.86. The van der Waals surface area contributed by atoms with Crippen molar-refractivity contribution in [2.75, 3.05) is 25.6 Å². The molecule has 1 amide bonds. The summed E-state index contributed by atoms with van der Waals surface area (Å²) in [6.07, 6.45) is 0. The normalized spacial score (nSPS) is 10.8. The highest BCUT2D eigenvalue weighted by Gasteiger charge is 2.20. The maximum absolute atomic E-state index is 12.1. The fourth-order valence-electron chi connectivity index (χ4n) is 1.67. The summed E-state index contributed by atoms with van der Waals surface area (Å²) >= 11 is 0. The molecule has 0 saturated carbocycles. The van der Waals surface area contributed by atoms with Gasteiger partial charge in [0.2, 0.25) is 0 Å². The number of nitrogens with one attached hydrogen (secondary N) is 2. The van der Waals surface area contributed by atoms with Crippen LogP contribution in [0.3, 0.4) is 0 Å². The standard InChI is InChI=1S/C13H21N5O3/c1-9(2)17(3)7-6-15-13(19)11-8-10(16-14)4-5-12(11)18(20)21/h4-5,8-9,16H,6-7,14H2,1-3H3,(H,15,19). The Balaban J connectivity index is 2.79. The van der Waals surface area contributed by atoms with E-state index in [1.54, 1.807) is 0 Å².